The van der Waals surface area contributed by atoms with E-state index in [9.17, 15) is 19.7 Å². The predicted octanol–water partition coefficient (Wildman–Crippen LogP) is 0.793. The molecule has 3 rings (SSSR count). The van der Waals surface area contributed by atoms with Gasteiger partial charge in [-0.2, -0.15) is 5.10 Å². The fraction of sp³-hybridized carbons (Fsp3) is 0.0833. The number of fused-ring (bicyclic) bond motifs is 3. The highest BCUT2D eigenvalue weighted by Gasteiger charge is 2.19. The van der Waals surface area contributed by atoms with E-state index in [1.165, 1.54) is 23.7 Å². The van der Waals surface area contributed by atoms with Crippen LogP contribution in [-0.2, 0) is 7.05 Å². The van der Waals surface area contributed by atoms with Gasteiger partial charge in [-0.15, -0.1) is 0 Å². The third-order valence-electron chi connectivity index (χ3n) is 3.25. The average Bonchev–Trinajstić information content (AvgIpc) is 2.89. The van der Waals surface area contributed by atoms with Crippen molar-refractivity contribution in [1.82, 2.24) is 14.2 Å². The van der Waals surface area contributed by atoms with Crippen LogP contribution in [0.15, 0.2) is 29.2 Å². The van der Waals surface area contributed by atoms with Crippen molar-refractivity contribution in [2.45, 2.75) is 0 Å². The molecular weight excluding hydrogens is 280 g/mol. The lowest BCUT2D eigenvalue weighted by molar-refractivity contribution is -0.384. The van der Waals surface area contributed by atoms with Gasteiger partial charge < -0.3 is 5.11 Å². The van der Waals surface area contributed by atoms with Gasteiger partial charge in [0.15, 0.2) is 5.65 Å². The molecule has 9 nitrogen and oxygen atoms in total. The molecule has 0 bridgehead atoms. The minimum absolute atomic E-state index is 0.0965. The summed E-state index contributed by atoms with van der Waals surface area (Å²) in [6, 6.07) is 3.77. The summed E-state index contributed by atoms with van der Waals surface area (Å²) in [6.07, 6.45) is 1.14. The average molecular weight is 288 g/mol. The Morgan fingerprint density at radius 1 is 1.43 bits per heavy atom. The van der Waals surface area contributed by atoms with E-state index in [2.05, 4.69) is 5.10 Å². The maximum atomic E-state index is 12.3. The van der Waals surface area contributed by atoms with Crippen LogP contribution in [0.1, 0.15) is 10.4 Å². The number of carboxylic acids is 1. The molecule has 1 aromatic carbocycles. The van der Waals surface area contributed by atoms with Crippen LogP contribution >= 0.6 is 0 Å². The highest BCUT2D eigenvalue weighted by molar-refractivity contribution is 5.96. The number of aryl methyl sites for hydroxylation is 1. The molecule has 2 heterocycles. The van der Waals surface area contributed by atoms with Crippen LogP contribution < -0.4 is 5.56 Å². The first kappa shape index (κ1) is 12.8. The summed E-state index contributed by atoms with van der Waals surface area (Å²) >= 11 is 0. The predicted molar refractivity (Wildman–Crippen MR) is 71.6 cm³/mol. The summed E-state index contributed by atoms with van der Waals surface area (Å²) in [5.41, 5.74) is -0.427. The van der Waals surface area contributed by atoms with E-state index < -0.39 is 16.5 Å². The van der Waals surface area contributed by atoms with Crippen molar-refractivity contribution < 1.29 is 14.8 Å². The Morgan fingerprint density at radius 2 is 2.14 bits per heavy atom. The molecular formula is C12H8N4O5. The van der Waals surface area contributed by atoms with Crippen molar-refractivity contribution >= 4 is 28.2 Å². The Hall–Kier alpha value is -3.23. The van der Waals surface area contributed by atoms with E-state index in [0.29, 0.717) is 5.52 Å². The first-order valence-corrected chi connectivity index (χ1v) is 5.80. The van der Waals surface area contributed by atoms with E-state index in [1.807, 2.05) is 0 Å². The maximum absolute atomic E-state index is 12.3. The van der Waals surface area contributed by atoms with Crippen LogP contribution in [0.5, 0.6) is 0 Å². The fourth-order valence-corrected chi connectivity index (χ4v) is 2.26. The van der Waals surface area contributed by atoms with Gasteiger partial charge in [0.05, 0.1) is 22.0 Å². The fourth-order valence-electron chi connectivity index (χ4n) is 2.26. The second-order valence-electron chi connectivity index (χ2n) is 4.42. The molecule has 2 aromatic heterocycles. The Labute approximate surface area is 115 Å². The van der Waals surface area contributed by atoms with Gasteiger partial charge in [0.2, 0.25) is 0 Å². The second-order valence-corrected chi connectivity index (χ2v) is 4.42. The van der Waals surface area contributed by atoms with E-state index in [1.54, 1.807) is 0 Å². The van der Waals surface area contributed by atoms with E-state index in [0.717, 1.165) is 16.8 Å². The summed E-state index contributed by atoms with van der Waals surface area (Å²) in [4.78, 5) is 33.6. The first-order valence-electron chi connectivity index (χ1n) is 5.80. The molecule has 0 saturated heterocycles. The van der Waals surface area contributed by atoms with Crippen LogP contribution in [0.4, 0.5) is 5.69 Å². The molecule has 3 aromatic rings. The van der Waals surface area contributed by atoms with Gasteiger partial charge >= 0.3 is 5.97 Å². The molecule has 0 radical (unpaired) electrons. The number of nitro benzene ring substituents is 1. The third-order valence-corrected chi connectivity index (χ3v) is 3.25. The number of hydrogen-bond acceptors (Lipinski definition) is 5. The van der Waals surface area contributed by atoms with Gasteiger partial charge in [-0.1, -0.05) is 0 Å². The lowest BCUT2D eigenvalue weighted by Crippen LogP contribution is -2.21. The molecule has 0 aliphatic rings. The van der Waals surface area contributed by atoms with Crippen LogP contribution in [0.2, 0.25) is 0 Å². The van der Waals surface area contributed by atoms with Gasteiger partial charge in [-0.3, -0.25) is 19.5 Å². The molecule has 106 valence electrons. The van der Waals surface area contributed by atoms with Gasteiger partial charge in [-0.25, -0.2) is 9.31 Å². The number of nitro groups is 1. The van der Waals surface area contributed by atoms with Crippen LogP contribution in [0.3, 0.4) is 0 Å². The number of non-ortho nitro benzene ring substituents is 1. The number of carbonyl (C=O) groups is 1. The Kier molecular flexibility index (Phi) is 2.52. The normalized spacial score (nSPS) is 11.1. The largest absolute Gasteiger partial charge is 0.477 e. The van der Waals surface area contributed by atoms with Crippen LogP contribution in [-0.4, -0.2) is 30.2 Å². The Balaban J connectivity index is 2.55. The van der Waals surface area contributed by atoms with Crippen molar-refractivity contribution in [1.29, 1.82) is 0 Å². The molecule has 0 spiro atoms. The molecule has 0 saturated carbocycles. The lowest BCUT2D eigenvalue weighted by atomic mass is 10.2. The maximum Gasteiger partial charge on any atom is 0.341 e. The Morgan fingerprint density at radius 3 is 2.76 bits per heavy atom. The standard InChI is InChI=1S/C12H8N4O5/c1-14-10-8(12(18)19)5-13-15(10)9-3-2-6(16(20)21)4-7(9)11(14)17/h2-5H,1H3,(H,18,19). The number of aromatic nitrogens is 3. The topological polar surface area (TPSA) is 120 Å². The smallest absolute Gasteiger partial charge is 0.341 e. The molecule has 0 fully saturated rings. The third kappa shape index (κ3) is 1.67. The van der Waals surface area contributed by atoms with Gasteiger partial charge in [-0.05, 0) is 6.07 Å². The number of carboxylic acid groups (broad SMARTS) is 1. The minimum atomic E-state index is -1.21. The summed E-state index contributed by atoms with van der Waals surface area (Å²) < 4.78 is 2.40. The van der Waals surface area contributed by atoms with E-state index in [-0.39, 0.29) is 22.3 Å². The first-order chi connectivity index (χ1) is 9.91. The summed E-state index contributed by atoms with van der Waals surface area (Å²) in [6.45, 7) is 0. The summed E-state index contributed by atoms with van der Waals surface area (Å²) in [7, 11) is 1.39. The van der Waals surface area contributed by atoms with Crippen molar-refractivity contribution in [3.63, 3.8) is 0 Å². The van der Waals surface area contributed by atoms with Crippen LogP contribution in [0, 0.1) is 10.1 Å². The van der Waals surface area contributed by atoms with E-state index in [4.69, 9.17) is 5.11 Å². The molecule has 9 heteroatoms. The van der Waals surface area contributed by atoms with Crippen molar-refractivity contribution in [3.8, 4) is 0 Å². The molecule has 0 amide bonds. The zero-order valence-corrected chi connectivity index (χ0v) is 10.7. The zero-order chi connectivity index (χ0) is 15.3. The highest BCUT2D eigenvalue weighted by atomic mass is 16.6. The number of nitrogens with zero attached hydrogens (tertiary/aromatic N) is 4. The monoisotopic (exact) mass is 288 g/mol. The van der Waals surface area contributed by atoms with Gasteiger partial charge in [0.25, 0.3) is 11.2 Å². The molecule has 0 aliphatic carbocycles. The second kappa shape index (κ2) is 4.13. The van der Waals surface area contributed by atoms with E-state index >= 15 is 0 Å². The molecule has 0 atom stereocenters. The molecule has 21 heavy (non-hydrogen) atoms. The van der Waals surface area contributed by atoms with Crippen molar-refractivity contribution in [2.24, 2.45) is 7.05 Å². The van der Waals surface area contributed by atoms with Gasteiger partial charge in [0, 0.05) is 19.2 Å². The molecule has 0 unspecified atom stereocenters. The Bertz CT molecular complexity index is 985. The number of hydrogen-bond donors (Lipinski definition) is 1. The summed E-state index contributed by atoms with van der Waals surface area (Å²) in [5, 5.41) is 24.0. The SMILES string of the molecule is Cn1c(=O)c2cc([N+](=O)[O-])ccc2n2ncc(C(=O)O)c12. The quantitative estimate of drug-likeness (QED) is 0.550. The highest BCUT2D eigenvalue weighted by Crippen LogP contribution is 2.20. The van der Waals surface area contributed by atoms with Crippen molar-refractivity contribution in [2.75, 3.05) is 0 Å². The van der Waals surface area contributed by atoms with Crippen LogP contribution in [0.25, 0.3) is 16.6 Å². The summed E-state index contributed by atoms with van der Waals surface area (Å²) in [5.74, 6) is -1.21. The number of rotatable bonds is 2. The van der Waals surface area contributed by atoms with Crippen molar-refractivity contribution in [3.05, 3.63) is 50.4 Å². The molecule has 0 aliphatic heterocycles. The minimum Gasteiger partial charge on any atom is -0.477 e. The molecule has 1 N–H and O–H groups in total. The number of benzene rings is 1. The lowest BCUT2D eigenvalue weighted by Gasteiger charge is -2.06. The van der Waals surface area contributed by atoms with Gasteiger partial charge in [0.1, 0.15) is 5.56 Å². The zero-order valence-electron chi connectivity index (χ0n) is 10.7. The number of aromatic carboxylic acids is 1.